The summed E-state index contributed by atoms with van der Waals surface area (Å²) in [7, 11) is 2.92. The van der Waals surface area contributed by atoms with Crippen LogP contribution >= 0.6 is 0 Å². The van der Waals surface area contributed by atoms with Crippen LogP contribution in [-0.2, 0) is 14.3 Å². The standard InChI is InChI=1S/C14H19N5O4/c1-14(2,3)12(21)19-13-17-9-8(10(20)18-13)15-6-7(16-9)11(22-4)23-5/h6,11H,1-5H3,(H2,16,17,18,19,20,21). The van der Waals surface area contributed by atoms with E-state index in [0.717, 1.165) is 0 Å². The number of nitrogens with one attached hydrogen (secondary N) is 2. The molecule has 1 amide bonds. The monoisotopic (exact) mass is 321 g/mol. The van der Waals surface area contributed by atoms with E-state index >= 15 is 0 Å². The predicted octanol–water partition coefficient (Wildman–Crippen LogP) is 0.989. The van der Waals surface area contributed by atoms with Crippen molar-refractivity contribution >= 4 is 23.0 Å². The van der Waals surface area contributed by atoms with Crippen molar-refractivity contribution in [3.05, 3.63) is 22.2 Å². The summed E-state index contributed by atoms with van der Waals surface area (Å²) in [4.78, 5) is 38.9. The van der Waals surface area contributed by atoms with Gasteiger partial charge >= 0.3 is 0 Å². The first-order chi connectivity index (χ1) is 10.8. The van der Waals surface area contributed by atoms with Crippen molar-refractivity contribution in [2.75, 3.05) is 19.5 Å². The Labute approximate surface area is 132 Å². The fourth-order valence-electron chi connectivity index (χ4n) is 1.74. The Morgan fingerprint density at radius 1 is 1.26 bits per heavy atom. The first-order valence-corrected chi connectivity index (χ1v) is 6.90. The summed E-state index contributed by atoms with van der Waals surface area (Å²) >= 11 is 0. The molecule has 0 radical (unpaired) electrons. The smallest absolute Gasteiger partial charge is 0.280 e. The summed E-state index contributed by atoms with van der Waals surface area (Å²) in [6.45, 7) is 5.25. The normalized spacial score (nSPS) is 11.9. The molecule has 0 aliphatic heterocycles. The molecule has 2 heterocycles. The van der Waals surface area contributed by atoms with E-state index in [4.69, 9.17) is 9.47 Å². The van der Waals surface area contributed by atoms with E-state index in [1.165, 1.54) is 20.4 Å². The van der Waals surface area contributed by atoms with E-state index in [9.17, 15) is 9.59 Å². The maximum atomic E-state index is 12.0. The molecule has 9 nitrogen and oxygen atoms in total. The molecule has 2 aromatic heterocycles. The Bertz CT molecular complexity index is 777. The van der Waals surface area contributed by atoms with Crippen molar-refractivity contribution in [1.82, 2.24) is 19.9 Å². The van der Waals surface area contributed by atoms with Crippen LogP contribution in [0.2, 0.25) is 0 Å². The van der Waals surface area contributed by atoms with Crippen molar-refractivity contribution in [3.63, 3.8) is 0 Å². The number of anilines is 1. The van der Waals surface area contributed by atoms with E-state index in [1.807, 2.05) is 0 Å². The lowest BCUT2D eigenvalue weighted by Gasteiger charge is -2.17. The van der Waals surface area contributed by atoms with E-state index in [1.54, 1.807) is 20.8 Å². The highest BCUT2D eigenvalue weighted by Crippen LogP contribution is 2.17. The van der Waals surface area contributed by atoms with Gasteiger partial charge in [-0.25, -0.2) is 9.97 Å². The number of methoxy groups -OCH3 is 2. The van der Waals surface area contributed by atoms with Crippen LogP contribution in [0, 0.1) is 5.41 Å². The molecule has 0 aliphatic rings. The largest absolute Gasteiger partial charge is 0.350 e. The van der Waals surface area contributed by atoms with Crippen LogP contribution in [-0.4, -0.2) is 40.1 Å². The first-order valence-electron chi connectivity index (χ1n) is 6.90. The van der Waals surface area contributed by atoms with Gasteiger partial charge in [0.15, 0.2) is 11.2 Å². The second-order valence-corrected chi connectivity index (χ2v) is 5.89. The highest BCUT2D eigenvalue weighted by molar-refractivity contribution is 5.93. The molecule has 0 aliphatic carbocycles. The number of carbonyl (C=O) groups excluding carboxylic acids is 1. The van der Waals surface area contributed by atoms with Gasteiger partial charge < -0.3 is 9.47 Å². The molecule has 124 valence electrons. The first kappa shape index (κ1) is 17.0. The predicted molar refractivity (Wildman–Crippen MR) is 82.8 cm³/mol. The van der Waals surface area contributed by atoms with Crippen molar-refractivity contribution in [1.29, 1.82) is 0 Å². The number of fused-ring (bicyclic) bond motifs is 1. The molecule has 0 saturated heterocycles. The fourth-order valence-corrected chi connectivity index (χ4v) is 1.74. The van der Waals surface area contributed by atoms with E-state index in [-0.39, 0.29) is 23.0 Å². The Morgan fingerprint density at radius 3 is 2.48 bits per heavy atom. The molecule has 2 rings (SSSR count). The molecule has 2 aromatic rings. The lowest BCUT2D eigenvalue weighted by Crippen LogP contribution is -2.29. The van der Waals surface area contributed by atoms with Gasteiger partial charge in [-0.15, -0.1) is 0 Å². The lowest BCUT2D eigenvalue weighted by atomic mass is 9.96. The number of aromatic nitrogens is 4. The summed E-state index contributed by atoms with van der Waals surface area (Å²) in [5, 5.41) is 2.56. The second kappa shape index (κ2) is 6.39. The van der Waals surface area contributed by atoms with E-state index in [2.05, 4.69) is 25.3 Å². The van der Waals surface area contributed by atoms with Gasteiger partial charge in [-0.1, -0.05) is 20.8 Å². The third kappa shape index (κ3) is 3.69. The second-order valence-electron chi connectivity index (χ2n) is 5.89. The number of aromatic amines is 1. The number of rotatable bonds is 4. The molecule has 23 heavy (non-hydrogen) atoms. The zero-order valence-corrected chi connectivity index (χ0v) is 13.6. The van der Waals surface area contributed by atoms with Gasteiger partial charge in [-0.2, -0.15) is 4.98 Å². The van der Waals surface area contributed by atoms with Crippen LogP contribution in [0.5, 0.6) is 0 Å². The molecule has 0 spiro atoms. The summed E-state index contributed by atoms with van der Waals surface area (Å²) in [5.74, 6) is -0.268. The Kier molecular flexibility index (Phi) is 4.71. The molecule has 2 N–H and O–H groups in total. The molecule has 0 aromatic carbocycles. The quantitative estimate of drug-likeness (QED) is 0.806. The zero-order chi connectivity index (χ0) is 17.2. The van der Waals surface area contributed by atoms with E-state index in [0.29, 0.717) is 5.69 Å². The average Bonchev–Trinajstić information content (AvgIpc) is 2.47. The van der Waals surface area contributed by atoms with Crippen LogP contribution < -0.4 is 10.9 Å². The lowest BCUT2D eigenvalue weighted by molar-refractivity contribution is -0.123. The van der Waals surface area contributed by atoms with Gasteiger partial charge in [-0.05, 0) is 0 Å². The number of amides is 1. The number of hydrogen-bond donors (Lipinski definition) is 2. The summed E-state index contributed by atoms with van der Waals surface area (Å²) < 4.78 is 10.2. The molecular weight excluding hydrogens is 302 g/mol. The van der Waals surface area contributed by atoms with Gasteiger partial charge in [0.05, 0.1) is 6.20 Å². The zero-order valence-electron chi connectivity index (χ0n) is 13.6. The number of nitrogens with zero attached hydrogens (tertiary/aromatic N) is 3. The summed E-state index contributed by atoms with van der Waals surface area (Å²) in [5.41, 5.74) is -0.598. The number of hydrogen-bond acceptors (Lipinski definition) is 7. The highest BCUT2D eigenvalue weighted by atomic mass is 16.7. The van der Waals surface area contributed by atoms with Gasteiger partial charge in [-0.3, -0.25) is 19.9 Å². The Balaban J connectivity index is 2.46. The SMILES string of the molecule is COC(OC)c1cnc2c(=O)[nH]c(NC(=O)C(C)(C)C)nc2n1. The van der Waals surface area contributed by atoms with Crippen molar-refractivity contribution < 1.29 is 14.3 Å². The van der Waals surface area contributed by atoms with Crippen molar-refractivity contribution in [2.24, 2.45) is 5.41 Å². The van der Waals surface area contributed by atoms with E-state index < -0.39 is 17.3 Å². The molecular formula is C14H19N5O4. The molecule has 0 bridgehead atoms. The highest BCUT2D eigenvalue weighted by Gasteiger charge is 2.22. The van der Waals surface area contributed by atoms with Gasteiger partial charge in [0.1, 0.15) is 5.69 Å². The Morgan fingerprint density at radius 2 is 1.91 bits per heavy atom. The third-order valence-corrected chi connectivity index (χ3v) is 3.02. The Hall–Kier alpha value is -2.39. The minimum absolute atomic E-state index is 0.0141. The minimum Gasteiger partial charge on any atom is -0.350 e. The van der Waals surface area contributed by atoms with Crippen LogP contribution in [0.4, 0.5) is 5.95 Å². The average molecular weight is 321 g/mol. The minimum atomic E-state index is -0.722. The van der Waals surface area contributed by atoms with Crippen molar-refractivity contribution in [2.45, 2.75) is 27.1 Å². The summed E-state index contributed by atoms with van der Waals surface area (Å²) in [6.07, 6.45) is 0.658. The van der Waals surface area contributed by atoms with Gasteiger partial charge in [0, 0.05) is 19.6 Å². The maximum absolute atomic E-state index is 12.0. The number of carbonyl (C=O) groups is 1. The molecule has 0 unspecified atom stereocenters. The maximum Gasteiger partial charge on any atom is 0.280 e. The van der Waals surface area contributed by atoms with Crippen molar-refractivity contribution in [3.8, 4) is 0 Å². The van der Waals surface area contributed by atoms with Gasteiger partial charge in [0.2, 0.25) is 18.1 Å². The number of ether oxygens (including phenoxy) is 2. The molecule has 0 saturated carbocycles. The fraction of sp³-hybridized carbons (Fsp3) is 0.500. The van der Waals surface area contributed by atoms with Crippen LogP contribution in [0.3, 0.4) is 0 Å². The molecule has 9 heteroatoms. The van der Waals surface area contributed by atoms with Crippen LogP contribution in [0.1, 0.15) is 32.8 Å². The molecule has 0 fully saturated rings. The van der Waals surface area contributed by atoms with Crippen LogP contribution in [0.15, 0.2) is 11.0 Å². The summed E-state index contributed by atoms with van der Waals surface area (Å²) in [6, 6.07) is 0. The molecule has 0 atom stereocenters. The van der Waals surface area contributed by atoms with Gasteiger partial charge in [0.25, 0.3) is 5.56 Å². The topological polar surface area (TPSA) is 119 Å². The van der Waals surface area contributed by atoms with Crippen LogP contribution in [0.25, 0.3) is 11.2 Å². The third-order valence-electron chi connectivity index (χ3n) is 3.02. The number of H-pyrrole nitrogens is 1.